The summed E-state index contributed by atoms with van der Waals surface area (Å²) < 4.78 is 30.3. The number of hydrogen-bond donors (Lipinski definition) is 1. The number of carbonyl (C=O) groups is 2. The fourth-order valence-electron chi connectivity index (χ4n) is 2.42. The van der Waals surface area contributed by atoms with Crippen molar-refractivity contribution in [3.05, 3.63) is 29.8 Å². The molecule has 1 fully saturated rings. The van der Waals surface area contributed by atoms with Crippen LogP contribution < -0.4 is 9.62 Å². The zero-order chi connectivity index (χ0) is 18.6. The summed E-state index contributed by atoms with van der Waals surface area (Å²) in [5.41, 5.74) is 0.792. The van der Waals surface area contributed by atoms with Crippen molar-refractivity contribution in [3.8, 4) is 0 Å². The molecular formula is C17H24N2O5S. The Hall–Kier alpha value is -2.09. The molecule has 1 aromatic carbocycles. The van der Waals surface area contributed by atoms with Gasteiger partial charge in [-0.1, -0.05) is 13.8 Å². The minimum Gasteiger partial charge on any atom is -0.449 e. The number of sulfonamides is 1. The van der Waals surface area contributed by atoms with E-state index < -0.39 is 22.1 Å². The van der Waals surface area contributed by atoms with E-state index in [0.29, 0.717) is 31.1 Å². The number of rotatable bonds is 6. The molecule has 1 N–H and O–H groups in total. The molecule has 1 heterocycles. The fourth-order valence-corrected chi connectivity index (χ4v) is 3.99. The number of anilines is 1. The number of carbonyl (C=O) groups excluding carboxylic acids is 2. The molecule has 1 aromatic rings. The summed E-state index contributed by atoms with van der Waals surface area (Å²) in [5, 5.41) is 2.70. The zero-order valence-electron chi connectivity index (χ0n) is 14.7. The third-order valence-corrected chi connectivity index (χ3v) is 5.70. The first-order valence-electron chi connectivity index (χ1n) is 8.30. The van der Waals surface area contributed by atoms with E-state index in [1.165, 1.54) is 23.4 Å². The molecular weight excluding hydrogens is 344 g/mol. The second-order valence-electron chi connectivity index (χ2n) is 6.48. The highest BCUT2D eigenvalue weighted by atomic mass is 32.2. The van der Waals surface area contributed by atoms with Crippen LogP contribution in [0.25, 0.3) is 0 Å². The highest BCUT2D eigenvalue weighted by molar-refractivity contribution is 7.93. The first-order chi connectivity index (χ1) is 11.7. The molecule has 0 bridgehead atoms. The standard InChI is InChI=1S/C17H24N2O5S/c1-12(2)11-18-16(20)13(3)24-17(21)14-5-7-15(8-6-14)19-9-4-10-25(19,22)23/h5-8,12-13H,4,9-11H2,1-3H3,(H,18,20). The Morgan fingerprint density at radius 3 is 2.36 bits per heavy atom. The van der Waals surface area contributed by atoms with Crippen LogP contribution in [0.1, 0.15) is 37.6 Å². The van der Waals surface area contributed by atoms with Crippen LogP contribution in [0.4, 0.5) is 5.69 Å². The lowest BCUT2D eigenvalue weighted by Crippen LogP contribution is -2.37. The van der Waals surface area contributed by atoms with Gasteiger partial charge in [-0.3, -0.25) is 9.10 Å². The predicted octanol–water partition coefficient (Wildman–Crippen LogP) is 1.54. The molecule has 0 aliphatic carbocycles. The second kappa shape index (κ2) is 7.86. The normalized spacial score (nSPS) is 17.4. The maximum Gasteiger partial charge on any atom is 0.338 e. The summed E-state index contributed by atoms with van der Waals surface area (Å²) in [6.07, 6.45) is -0.306. The first-order valence-corrected chi connectivity index (χ1v) is 9.91. The number of hydrogen-bond acceptors (Lipinski definition) is 5. The van der Waals surface area contributed by atoms with Gasteiger partial charge >= 0.3 is 5.97 Å². The molecule has 0 saturated carbocycles. The number of ether oxygens (including phenoxy) is 1. The minimum absolute atomic E-state index is 0.139. The smallest absolute Gasteiger partial charge is 0.338 e. The van der Waals surface area contributed by atoms with Crippen molar-refractivity contribution in [2.45, 2.75) is 33.3 Å². The van der Waals surface area contributed by atoms with Crippen LogP contribution in [0.2, 0.25) is 0 Å². The van der Waals surface area contributed by atoms with Crippen LogP contribution in [0.5, 0.6) is 0 Å². The summed E-state index contributed by atoms with van der Waals surface area (Å²) in [7, 11) is -3.25. The monoisotopic (exact) mass is 368 g/mol. The van der Waals surface area contributed by atoms with Gasteiger partial charge in [0.25, 0.3) is 5.91 Å². The molecule has 2 rings (SSSR count). The van der Waals surface area contributed by atoms with Crippen molar-refractivity contribution in [1.29, 1.82) is 0 Å². The van der Waals surface area contributed by atoms with Crippen molar-refractivity contribution in [2.75, 3.05) is 23.1 Å². The van der Waals surface area contributed by atoms with Gasteiger partial charge in [0.2, 0.25) is 10.0 Å². The van der Waals surface area contributed by atoms with E-state index in [-0.39, 0.29) is 17.2 Å². The van der Waals surface area contributed by atoms with Crippen LogP contribution in [-0.4, -0.2) is 45.2 Å². The summed E-state index contributed by atoms with van der Waals surface area (Å²) >= 11 is 0. The molecule has 1 unspecified atom stereocenters. The number of nitrogens with one attached hydrogen (secondary N) is 1. The number of amides is 1. The maximum absolute atomic E-state index is 12.1. The van der Waals surface area contributed by atoms with Gasteiger partial charge in [0.1, 0.15) is 0 Å². The largest absolute Gasteiger partial charge is 0.449 e. The Kier molecular flexibility index (Phi) is 6.05. The number of esters is 1. The highest BCUT2D eigenvalue weighted by Gasteiger charge is 2.28. The first kappa shape index (κ1) is 19.2. The summed E-state index contributed by atoms with van der Waals surface area (Å²) in [4.78, 5) is 24.0. The molecule has 138 valence electrons. The lowest BCUT2D eigenvalue weighted by Gasteiger charge is -2.17. The molecule has 8 heteroatoms. The molecule has 0 radical (unpaired) electrons. The molecule has 1 atom stereocenters. The van der Waals surface area contributed by atoms with Gasteiger partial charge in [0, 0.05) is 13.1 Å². The van der Waals surface area contributed by atoms with E-state index in [2.05, 4.69) is 5.32 Å². The predicted molar refractivity (Wildman–Crippen MR) is 94.9 cm³/mol. The fraction of sp³-hybridized carbons (Fsp3) is 0.529. The summed E-state index contributed by atoms with van der Waals surface area (Å²) in [6, 6.07) is 6.15. The Labute approximate surface area is 148 Å². The average Bonchev–Trinajstić information content (AvgIpc) is 2.91. The van der Waals surface area contributed by atoms with E-state index in [1.54, 1.807) is 12.1 Å². The lowest BCUT2D eigenvalue weighted by atomic mass is 10.2. The summed E-state index contributed by atoms with van der Waals surface area (Å²) in [6.45, 7) is 6.41. The van der Waals surface area contributed by atoms with Crippen molar-refractivity contribution in [1.82, 2.24) is 5.32 Å². The molecule has 1 aliphatic heterocycles. The molecule has 1 amide bonds. The van der Waals surface area contributed by atoms with Crippen LogP contribution >= 0.6 is 0 Å². The Bertz CT molecular complexity index is 728. The highest BCUT2D eigenvalue weighted by Crippen LogP contribution is 2.24. The van der Waals surface area contributed by atoms with Crippen molar-refractivity contribution < 1.29 is 22.7 Å². The van der Waals surface area contributed by atoms with Gasteiger partial charge in [-0.25, -0.2) is 13.2 Å². The maximum atomic E-state index is 12.1. The Morgan fingerprint density at radius 1 is 1.20 bits per heavy atom. The van der Waals surface area contributed by atoms with Crippen LogP contribution in [0.3, 0.4) is 0 Å². The quantitative estimate of drug-likeness (QED) is 0.769. The third-order valence-electron chi connectivity index (χ3n) is 3.83. The van der Waals surface area contributed by atoms with E-state index in [4.69, 9.17) is 4.74 Å². The van der Waals surface area contributed by atoms with Crippen LogP contribution in [0.15, 0.2) is 24.3 Å². The van der Waals surface area contributed by atoms with Gasteiger partial charge in [0.15, 0.2) is 6.10 Å². The molecule has 0 aromatic heterocycles. The summed E-state index contributed by atoms with van der Waals surface area (Å²) in [5.74, 6) is -0.522. The second-order valence-corrected chi connectivity index (χ2v) is 8.49. The van der Waals surface area contributed by atoms with Gasteiger partial charge < -0.3 is 10.1 Å². The van der Waals surface area contributed by atoms with Gasteiger partial charge in [-0.2, -0.15) is 0 Å². The SMILES string of the molecule is CC(C)CNC(=O)C(C)OC(=O)c1ccc(N2CCCS2(=O)=O)cc1. The van der Waals surface area contributed by atoms with E-state index in [1.807, 2.05) is 13.8 Å². The van der Waals surface area contributed by atoms with Crippen molar-refractivity contribution >= 4 is 27.6 Å². The van der Waals surface area contributed by atoms with Crippen LogP contribution in [0, 0.1) is 5.92 Å². The van der Waals surface area contributed by atoms with Crippen molar-refractivity contribution in [3.63, 3.8) is 0 Å². The Balaban J connectivity index is 1.97. The average molecular weight is 368 g/mol. The van der Waals surface area contributed by atoms with Gasteiger partial charge in [-0.05, 0) is 43.5 Å². The molecule has 0 spiro atoms. The Morgan fingerprint density at radius 2 is 1.84 bits per heavy atom. The van der Waals surface area contributed by atoms with E-state index in [0.717, 1.165) is 0 Å². The minimum atomic E-state index is -3.25. The lowest BCUT2D eigenvalue weighted by molar-refractivity contribution is -0.129. The molecule has 1 aliphatic rings. The molecule has 25 heavy (non-hydrogen) atoms. The number of nitrogens with zero attached hydrogens (tertiary/aromatic N) is 1. The third kappa shape index (κ3) is 4.94. The zero-order valence-corrected chi connectivity index (χ0v) is 15.5. The molecule has 1 saturated heterocycles. The van der Waals surface area contributed by atoms with E-state index >= 15 is 0 Å². The van der Waals surface area contributed by atoms with E-state index in [9.17, 15) is 18.0 Å². The number of benzene rings is 1. The van der Waals surface area contributed by atoms with Gasteiger partial charge in [-0.15, -0.1) is 0 Å². The van der Waals surface area contributed by atoms with Crippen molar-refractivity contribution in [2.24, 2.45) is 5.92 Å². The topological polar surface area (TPSA) is 92.8 Å². The molecule has 7 nitrogen and oxygen atoms in total. The van der Waals surface area contributed by atoms with Gasteiger partial charge in [0.05, 0.1) is 17.0 Å². The van der Waals surface area contributed by atoms with Crippen LogP contribution in [-0.2, 0) is 19.6 Å².